The highest BCUT2D eigenvalue weighted by Crippen LogP contribution is 2.22. The number of aliphatic carboxylic acids is 1. The fraction of sp³-hybridized carbons (Fsp3) is 0.458. The third-order valence-corrected chi connectivity index (χ3v) is 5.45. The van der Waals surface area contributed by atoms with Crippen LogP contribution in [-0.2, 0) is 30.3 Å². The molecular formula is C24H36N8O7. The number of rotatable bonds is 17. The molecule has 0 saturated carbocycles. The van der Waals surface area contributed by atoms with Crippen LogP contribution in [-0.4, -0.2) is 78.3 Å². The third-order valence-electron chi connectivity index (χ3n) is 5.45. The highest BCUT2D eigenvalue weighted by Gasteiger charge is 2.41. The van der Waals surface area contributed by atoms with Gasteiger partial charge >= 0.3 is 12.1 Å². The van der Waals surface area contributed by atoms with Crippen LogP contribution in [0, 0.1) is 5.41 Å². The van der Waals surface area contributed by atoms with Gasteiger partial charge in [0.25, 0.3) is 0 Å². The Labute approximate surface area is 225 Å². The number of aldehydes is 1. The minimum Gasteiger partial charge on any atom is -0.481 e. The Morgan fingerprint density at radius 1 is 1.23 bits per heavy atom. The van der Waals surface area contributed by atoms with Crippen molar-refractivity contribution in [3.8, 4) is 0 Å². The molecule has 0 bridgehead atoms. The minimum atomic E-state index is -1.84. The molecular weight excluding hydrogens is 512 g/mol. The van der Waals surface area contributed by atoms with Crippen LogP contribution in [0.3, 0.4) is 0 Å². The molecule has 1 rings (SSSR count). The molecule has 15 heteroatoms. The number of aliphatic imine (C=N–C) groups is 1. The predicted octanol–water partition coefficient (Wildman–Crippen LogP) is -1.28. The zero-order chi connectivity index (χ0) is 29.4. The van der Waals surface area contributed by atoms with Gasteiger partial charge in [-0.3, -0.25) is 24.8 Å². The zero-order valence-electron chi connectivity index (χ0n) is 21.7. The van der Waals surface area contributed by atoms with Crippen molar-refractivity contribution < 1.29 is 33.8 Å². The Bertz CT molecular complexity index is 1070. The number of nitrogens with two attached hydrogens (primary N) is 3. The van der Waals surface area contributed by atoms with Crippen LogP contribution in [0.2, 0.25) is 0 Å². The molecule has 1 aromatic rings. The van der Waals surface area contributed by atoms with Crippen LogP contribution in [0.5, 0.6) is 0 Å². The van der Waals surface area contributed by atoms with Crippen molar-refractivity contribution in [2.45, 2.75) is 50.6 Å². The van der Waals surface area contributed by atoms with Crippen molar-refractivity contribution in [2.75, 3.05) is 19.7 Å². The quantitative estimate of drug-likeness (QED) is 0.0494. The van der Waals surface area contributed by atoms with Gasteiger partial charge in [0.15, 0.2) is 5.96 Å². The summed E-state index contributed by atoms with van der Waals surface area (Å²) in [5.41, 5.74) is 15.0. The van der Waals surface area contributed by atoms with E-state index in [1.165, 1.54) is 6.07 Å². The fourth-order valence-electron chi connectivity index (χ4n) is 3.61. The van der Waals surface area contributed by atoms with Gasteiger partial charge in [0.05, 0.1) is 19.2 Å². The van der Waals surface area contributed by atoms with Crippen LogP contribution >= 0.6 is 0 Å². The maximum absolute atomic E-state index is 13.4. The number of ether oxygens (including phenoxy) is 1. The first-order valence-corrected chi connectivity index (χ1v) is 12.1. The monoisotopic (exact) mass is 548 g/mol. The number of carbonyl (C=O) groups is 5. The number of hydrogen-bond acceptors (Lipinski definition) is 8. The number of alkyl carbamates (subject to hydrolysis) is 1. The summed E-state index contributed by atoms with van der Waals surface area (Å²) in [6.07, 6.45) is -0.810. The van der Waals surface area contributed by atoms with Gasteiger partial charge in [0, 0.05) is 24.9 Å². The van der Waals surface area contributed by atoms with Crippen molar-refractivity contribution in [1.29, 1.82) is 5.41 Å². The molecule has 3 amide bonds. The number of amides is 3. The Hall–Kier alpha value is -4.69. The summed E-state index contributed by atoms with van der Waals surface area (Å²) in [7, 11) is 0. The average Bonchev–Trinajstić information content (AvgIpc) is 2.87. The van der Waals surface area contributed by atoms with Gasteiger partial charge in [0.1, 0.15) is 17.7 Å². The highest BCUT2D eigenvalue weighted by atomic mass is 16.5. The Kier molecular flexibility index (Phi) is 13.4. The number of hydrogen-bond donors (Lipinski definition) is 8. The Morgan fingerprint density at radius 2 is 1.95 bits per heavy atom. The number of amidine groups is 1. The minimum absolute atomic E-state index is 0.0129. The average molecular weight is 549 g/mol. The molecule has 0 fully saturated rings. The first-order chi connectivity index (χ1) is 18.4. The lowest BCUT2D eigenvalue weighted by Gasteiger charge is -2.33. The number of carboxylic acids is 1. The smallest absolute Gasteiger partial charge is 0.408 e. The molecule has 0 aromatic heterocycles. The lowest BCUT2D eigenvalue weighted by molar-refractivity contribution is -0.138. The molecule has 0 aliphatic carbocycles. The van der Waals surface area contributed by atoms with Crippen molar-refractivity contribution >= 4 is 42.0 Å². The van der Waals surface area contributed by atoms with Gasteiger partial charge in [-0.2, -0.15) is 0 Å². The van der Waals surface area contributed by atoms with Crippen LogP contribution < -0.4 is 33.2 Å². The normalized spacial score (nSPS) is 12.6. The summed E-state index contributed by atoms with van der Waals surface area (Å²) in [4.78, 5) is 64.9. The lowest BCUT2D eigenvalue weighted by atomic mass is 9.84. The Morgan fingerprint density at radius 3 is 2.54 bits per heavy atom. The van der Waals surface area contributed by atoms with Crippen molar-refractivity contribution in [1.82, 2.24) is 16.0 Å². The number of nitrogens with zero attached hydrogens (tertiary/aromatic N) is 1. The van der Waals surface area contributed by atoms with E-state index in [0.29, 0.717) is 23.8 Å². The molecule has 15 nitrogen and oxygen atoms in total. The van der Waals surface area contributed by atoms with Crippen LogP contribution in [0.4, 0.5) is 4.79 Å². The maximum atomic E-state index is 13.4. The molecule has 0 unspecified atom stereocenters. The number of carboxylic acid groups (broad SMARTS) is 1. The van der Waals surface area contributed by atoms with Crippen molar-refractivity contribution in [3.63, 3.8) is 0 Å². The first kappa shape index (κ1) is 32.3. The number of carbonyl (C=O) groups excluding carboxylic acids is 4. The van der Waals surface area contributed by atoms with Crippen LogP contribution in [0.1, 0.15) is 43.7 Å². The van der Waals surface area contributed by atoms with Gasteiger partial charge in [-0.15, -0.1) is 0 Å². The largest absolute Gasteiger partial charge is 0.481 e. The predicted molar refractivity (Wildman–Crippen MR) is 142 cm³/mol. The lowest BCUT2D eigenvalue weighted by Crippen LogP contribution is -2.61. The second-order valence-corrected chi connectivity index (χ2v) is 8.55. The van der Waals surface area contributed by atoms with Gasteiger partial charge in [0.2, 0.25) is 11.8 Å². The van der Waals surface area contributed by atoms with E-state index in [1.807, 2.05) is 0 Å². The zero-order valence-corrected chi connectivity index (χ0v) is 21.7. The van der Waals surface area contributed by atoms with E-state index in [-0.39, 0.29) is 44.2 Å². The van der Waals surface area contributed by atoms with E-state index in [2.05, 4.69) is 20.9 Å². The van der Waals surface area contributed by atoms with E-state index >= 15 is 0 Å². The fourth-order valence-corrected chi connectivity index (χ4v) is 3.61. The highest BCUT2D eigenvalue weighted by molar-refractivity contribution is 5.96. The summed E-state index contributed by atoms with van der Waals surface area (Å²) in [6.45, 7) is 1.24. The summed E-state index contributed by atoms with van der Waals surface area (Å²) >= 11 is 0. The molecule has 0 saturated heterocycles. The summed E-state index contributed by atoms with van der Waals surface area (Å²) in [6, 6.07) is 5.46. The molecule has 39 heavy (non-hydrogen) atoms. The van der Waals surface area contributed by atoms with E-state index < -0.39 is 48.4 Å². The molecule has 0 aliphatic rings. The van der Waals surface area contributed by atoms with Gasteiger partial charge in [-0.05, 0) is 37.8 Å². The molecule has 1 aromatic carbocycles. The molecule has 0 aliphatic heterocycles. The summed E-state index contributed by atoms with van der Waals surface area (Å²) in [5.74, 6) is -3.09. The summed E-state index contributed by atoms with van der Waals surface area (Å²) < 4.78 is 4.93. The molecule has 11 N–H and O–H groups in total. The van der Waals surface area contributed by atoms with E-state index in [9.17, 15) is 29.1 Å². The van der Waals surface area contributed by atoms with Crippen molar-refractivity contribution in [3.05, 3.63) is 35.4 Å². The van der Waals surface area contributed by atoms with E-state index in [4.69, 9.17) is 27.3 Å². The van der Waals surface area contributed by atoms with Gasteiger partial charge < -0.3 is 47.8 Å². The number of guanidine groups is 1. The Balaban J connectivity index is 3.12. The summed E-state index contributed by atoms with van der Waals surface area (Å²) in [5, 5.41) is 24.3. The third kappa shape index (κ3) is 11.9. The van der Waals surface area contributed by atoms with E-state index in [0.717, 1.165) is 0 Å². The number of nitrogen functional groups attached to an aromatic ring is 1. The number of benzene rings is 1. The maximum Gasteiger partial charge on any atom is 0.408 e. The molecule has 0 spiro atoms. The van der Waals surface area contributed by atoms with Gasteiger partial charge in [-0.25, -0.2) is 4.79 Å². The van der Waals surface area contributed by atoms with Gasteiger partial charge in [-0.1, -0.05) is 18.2 Å². The second kappa shape index (κ2) is 16.2. The molecule has 0 heterocycles. The topological polar surface area (TPSA) is 265 Å². The number of nitrogens with one attached hydrogen (secondary N) is 4. The van der Waals surface area contributed by atoms with Crippen LogP contribution in [0.15, 0.2) is 29.3 Å². The van der Waals surface area contributed by atoms with Crippen molar-refractivity contribution in [2.24, 2.45) is 22.2 Å². The second-order valence-electron chi connectivity index (χ2n) is 8.55. The SMILES string of the molecule is CCOC(=O)N[C@](CCC(=O)O)(Cc1cccc(C(=N)N)c1)C(=O)NCC(=O)N[C@H](C=O)CCCN=C(N)N. The molecule has 2 atom stereocenters. The first-order valence-electron chi connectivity index (χ1n) is 12.1. The molecule has 214 valence electrons. The van der Waals surface area contributed by atoms with E-state index in [1.54, 1.807) is 25.1 Å². The molecule has 0 radical (unpaired) electrons. The standard InChI is InChI=1S/C24H36N8O7/c1-2-39-23(38)32-24(9-8-19(35)36,12-15-5-3-6-16(11-15)20(25)26)21(37)30-13-18(34)31-17(14-33)7-4-10-29-22(27)28/h3,5-6,11,14,17H,2,4,7-10,12-13H2,1H3,(H3,25,26)(H,30,37)(H,31,34)(H,32,38)(H,35,36)(H4,27,28,29)/t17-,24+/m0/s1. The van der Waals surface area contributed by atoms with Crippen LogP contribution in [0.25, 0.3) is 0 Å².